The Hall–Kier alpha value is -2.33. The van der Waals surface area contributed by atoms with Gasteiger partial charge >= 0.3 is 0 Å². The van der Waals surface area contributed by atoms with Crippen molar-refractivity contribution in [2.75, 3.05) is 19.4 Å². The summed E-state index contributed by atoms with van der Waals surface area (Å²) in [5, 5.41) is 7.01. The first-order valence-electron chi connectivity index (χ1n) is 6.60. The fourth-order valence-corrected chi connectivity index (χ4v) is 2.46. The predicted octanol–water partition coefficient (Wildman–Crippen LogP) is 2.73. The number of para-hydroxylation sites is 1. The molecule has 2 aromatic rings. The number of amides is 1. The van der Waals surface area contributed by atoms with Crippen molar-refractivity contribution < 1.29 is 4.79 Å². The third kappa shape index (κ3) is 2.04. The molecule has 1 heterocycles. The van der Waals surface area contributed by atoms with Crippen LogP contribution in [0.15, 0.2) is 54.6 Å². The van der Waals surface area contributed by atoms with E-state index in [1.165, 1.54) is 0 Å². The van der Waals surface area contributed by atoms with Gasteiger partial charge in [0.15, 0.2) is 0 Å². The molecule has 1 amide bonds. The van der Waals surface area contributed by atoms with Crippen molar-refractivity contribution in [3.8, 4) is 0 Å². The molecule has 0 radical (unpaired) electrons. The fourth-order valence-electron chi connectivity index (χ4n) is 2.46. The third-order valence-electron chi connectivity index (χ3n) is 3.71. The highest BCUT2D eigenvalue weighted by Crippen LogP contribution is 2.30. The van der Waals surface area contributed by atoms with Gasteiger partial charge in [0.25, 0.3) is 5.91 Å². The lowest BCUT2D eigenvalue weighted by Crippen LogP contribution is -2.43. The zero-order chi connectivity index (χ0) is 14.1. The lowest BCUT2D eigenvalue weighted by Gasteiger charge is -2.33. The molecule has 1 unspecified atom stereocenters. The van der Waals surface area contributed by atoms with Crippen LogP contribution in [-0.4, -0.2) is 30.0 Å². The van der Waals surface area contributed by atoms with Crippen LogP contribution in [-0.2, 0) is 0 Å². The molecule has 1 atom stereocenters. The molecule has 2 aromatic carbocycles. The Bertz CT molecular complexity index is 627. The first kappa shape index (κ1) is 12.7. The summed E-state index contributed by atoms with van der Waals surface area (Å²) in [6.45, 7) is 0. The van der Waals surface area contributed by atoms with Gasteiger partial charge in [0, 0.05) is 19.8 Å². The number of fused-ring (bicyclic) bond motifs is 1. The molecule has 4 nitrogen and oxygen atoms in total. The number of hydrogen-bond donors (Lipinski definition) is 1. The average molecular weight is 267 g/mol. The maximum Gasteiger partial charge on any atom is 0.270 e. The number of benzene rings is 2. The summed E-state index contributed by atoms with van der Waals surface area (Å²) in [7, 11) is 3.70. The van der Waals surface area contributed by atoms with Crippen molar-refractivity contribution in [1.29, 1.82) is 0 Å². The summed E-state index contributed by atoms with van der Waals surface area (Å²) < 4.78 is 0. The van der Waals surface area contributed by atoms with E-state index in [0.29, 0.717) is 5.56 Å². The van der Waals surface area contributed by atoms with Crippen LogP contribution in [0.2, 0.25) is 0 Å². The Morgan fingerprint density at radius 2 is 1.60 bits per heavy atom. The topological polar surface area (TPSA) is 35.6 Å². The van der Waals surface area contributed by atoms with Gasteiger partial charge in [-0.3, -0.25) is 9.80 Å². The minimum Gasteiger partial charge on any atom is -0.364 e. The standard InChI is InChI=1S/C16H17N3O/c1-18-15(12-8-4-3-5-9-12)17-14-11-7-6-10-13(14)16(20)19(18)2/h3-11,15,17H,1-2H3. The molecule has 1 aliphatic rings. The number of carbonyl (C=O) groups is 1. The molecule has 102 valence electrons. The van der Waals surface area contributed by atoms with E-state index in [9.17, 15) is 4.79 Å². The average Bonchev–Trinajstić information content (AvgIpc) is 2.60. The fraction of sp³-hybridized carbons (Fsp3) is 0.188. The quantitative estimate of drug-likeness (QED) is 0.863. The highest BCUT2D eigenvalue weighted by molar-refractivity contribution is 5.99. The maximum atomic E-state index is 12.5. The number of anilines is 1. The van der Waals surface area contributed by atoms with Gasteiger partial charge in [-0.25, -0.2) is 0 Å². The lowest BCUT2D eigenvalue weighted by molar-refractivity contribution is 0.00492. The van der Waals surface area contributed by atoms with E-state index in [1.54, 1.807) is 12.1 Å². The second-order valence-corrected chi connectivity index (χ2v) is 4.91. The largest absolute Gasteiger partial charge is 0.364 e. The molecule has 4 heteroatoms. The van der Waals surface area contributed by atoms with Gasteiger partial charge in [0.05, 0.1) is 5.56 Å². The van der Waals surface area contributed by atoms with E-state index in [0.717, 1.165) is 11.3 Å². The normalized spacial score (nSPS) is 19.2. The van der Waals surface area contributed by atoms with Gasteiger partial charge in [0.2, 0.25) is 0 Å². The van der Waals surface area contributed by atoms with Crippen LogP contribution >= 0.6 is 0 Å². The highest BCUT2D eigenvalue weighted by Gasteiger charge is 2.29. The molecule has 20 heavy (non-hydrogen) atoms. The van der Waals surface area contributed by atoms with Crippen molar-refractivity contribution >= 4 is 11.6 Å². The summed E-state index contributed by atoms with van der Waals surface area (Å²) in [5.74, 6) is -0.00553. The SMILES string of the molecule is CN1C(=O)c2ccccc2NC(c2ccccc2)N1C. The Morgan fingerprint density at radius 1 is 0.950 bits per heavy atom. The Morgan fingerprint density at radius 3 is 2.35 bits per heavy atom. The summed E-state index contributed by atoms with van der Waals surface area (Å²) in [4.78, 5) is 12.5. The molecule has 0 saturated carbocycles. The molecular formula is C16H17N3O. The maximum absolute atomic E-state index is 12.5. The molecule has 0 saturated heterocycles. The van der Waals surface area contributed by atoms with Crippen molar-refractivity contribution in [2.45, 2.75) is 6.17 Å². The van der Waals surface area contributed by atoms with Crippen molar-refractivity contribution in [3.05, 3.63) is 65.7 Å². The lowest BCUT2D eigenvalue weighted by atomic mass is 10.1. The molecule has 1 aliphatic heterocycles. The molecule has 0 aromatic heterocycles. The predicted molar refractivity (Wildman–Crippen MR) is 79.1 cm³/mol. The van der Waals surface area contributed by atoms with E-state index in [2.05, 4.69) is 17.4 Å². The number of rotatable bonds is 1. The van der Waals surface area contributed by atoms with Crippen LogP contribution in [0.3, 0.4) is 0 Å². The highest BCUT2D eigenvalue weighted by atomic mass is 16.2. The summed E-state index contributed by atoms with van der Waals surface area (Å²) in [5.41, 5.74) is 2.68. The van der Waals surface area contributed by atoms with Crippen LogP contribution in [0, 0.1) is 0 Å². The van der Waals surface area contributed by atoms with Crippen molar-refractivity contribution in [2.24, 2.45) is 0 Å². The monoisotopic (exact) mass is 267 g/mol. The molecule has 0 aliphatic carbocycles. The van der Waals surface area contributed by atoms with Crippen LogP contribution in [0.25, 0.3) is 0 Å². The number of carbonyl (C=O) groups excluding carboxylic acids is 1. The van der Waals surface area contributed by atoms with E-state index in [1.807, 2.05) is 54.5 Å². The van der Waals surface area contributed by atoms with Gasteiger partial charge in [-0.05, 0) is 17.7 Å². The second kappa shape index (κ2) is 4.98. The minimum atomic E-state index is -0.0752. The zero-order valence-corrected chi connectivity index (χ0v) is 11.6. The number of hydrogen-bond acceptors (Lipinski definition) is 3. The van der Waals surface area contributed by atoms with Crippen LogP contribution in [0.5, 0.6) is 0 Å². The first-order valence-corrected chi connectivity index (χ1v) is 6.60. The Labute approximate surface area is 118 Å². The number of nitrogens with zero attached hydrogens (tertiary/aromatic N) is 2. The smallest absolute Gasteiger partial charge is 0.270 e. The van der Waals surface area contributed by atoms with Gasteiger partial charge < -0.3 is 5.32 Å². The minimum absolute atomic E-state index is 0.00553. The van der Waals surface area contributed by atoms with Crippen LogP contribution in [0.1, 0.15) is 22.1 Å². The van der Waals surface area contributed by atoms with Crippen LogP contribution < -0.4 is 5.32 Å². The zero-order valence-electron chi connectivity index (χ0n) is 11.6. The Kier molecular flexibility index (Phi) is 3.16. The molecule has 1 N–H and O–H groups in total. The third-order valence-corrected chi connectivity index (χ3v) is 3.71. The van der Waals surface area contributed by atoms with Gasteiger partial charge in [-0.1, -0.05) is 42.5 Å². The van der Waals surface area contributed by atoms with Crippen molar-refractivity contribution in [1.82, 2.24) is 10.0 Å². The van der Waals surface area contributed by atoms with Gasteiger partial charge in [0.1, 0.15) is 6.17 Å². The van der Waals surface area contributed by atoms with E-state index in [-0.39, 0.29) is 12.1 Å². The summed E-state index contributed by atoms with van der Waals surface area (Å²) in [6.07, 6.45) is -0.0752. The van der Waals surface area contributed by atoms with E-state index in [4.69, 9.17) is 0 Å². The number of hydrazine groups is 1. The van der Waals surface area contributed by atoms with Gasteiger partial charge in [-0.15, -0.1) is 0 Å². The molecule has 3 rings (SSSR count). The summed E-state index contributed by atoms with van der Waals surface area (Å²) in [6, 6.07) is 17.7. The van der Waals surface area contributed by atoms with Crippen LogP contribution in [0.4, 0.5) is 5.69 Å². The molecule has 0 spiro atoms. The van der Waals surface area contributed by atoms with E-state index >= 15 is 0 Å². The molecule has 0 fully saturated rings. The molecular weight excluding hydrogens is 250 g/mol. The molecule has 0 bridgehead atoms. The van der Waals surface area contributed by atoms with E-state index < -0.39 is 0 Å². The Balaban J connectivity index is 2.08. The van der Waals surface area contributed by atoms with Gasteiger partial charge in [-0.2, -0.15) is 5.01 Å². The van der Waals surface area contributed by atoms with Crippen molar-refractivity contribution in [3.63, 3.8) is 0 Å². The number of nitrogens with one attached hydrogen (secondary N) is 1. The first-order chi connectivity index (χ1) is 9.68. The summed E-state index contributed by atoms with van der Waals surface area (Å²) >= 11 is 0. The second-order valence-electron chi connectivity index (χ2n) is 4.91.